The van der Waals surface area contributed by atoms with E-state index in [2.05, 4.69) is 23.6 Å². The van der Waals surface area contributed by atoms with Crippen molar-refractivity contribution in [3.8, 4) is 0 Å². The normalized spacial score (nSPS) is 23.9. The third-order valence-corrected chi connectivity index (χ3v) is 7.73. The Labute approximate surface area is 188 Å². The predicted octanol–water partition coefficient (Wildman–Crippen LogP) is 2.61. The van der Waals surface area contributed by atoms with E-state index in [4.69, 9.17) is 0 Å². The number of halogens is 3. The van der Waals surface area contributed by atoms with Crippen molar-refractivity contribution in [3.05, 3.63) is 23.8 Å². The van der Waals surface area contributed by atoms with Gasteiger partial charge in [0, 0.05) is 50.7 Å². The van der Waals surface area contributed by atoms with Crippen molar-refractivity contribution in [2.75, 3.05) is 57.0 Å². The van der Waals surface area contributed by atoms with E-state index in [0.717, 1.165) is 38.0 Å². The Morgan fingerprint density at radius 1 is 1.16 bits per heavy atom. The van der Waals surface area contributed by atoms with E-state index < -0.39 is 22.6 Å². The van der Waals surface area contributed by atoms with Gasteiger partial charge in [0.25, 0.3) is 0 Å². The highest BCUT2D eigenvalue weighted by Crippen LogP contribution is 2.29. The van der Waals surface area contributed by atoms with Crippen molar-refractivity contribution < 1.29 is 26.7 Å². The standard InChI is InChI=1S/C22H34F3N3O3S/c1-16(2)20-13-27(19-5-4-18(14-29)21(10-19)32(3,30)31)8-9-28(20)12-17-6-7-26(11-17)15-22(23,24)25/h4-5,10,16-17,20,29H,6-9,11-15H2,1-3H3/t17-,20-/m1/s1. The largest absolute Gasteiger partial charge is 0.401 e. The first-order chi connectivity index (χ1) is 14.9. The van der Waals surface area contributed by atoms with E-state index in [9.17, 15) is 26.7 Å². The molecule has 2 aliphatic heterocycles. The molecule has 1 aromatic carbocycles. The molecule has 32 heavy (non-hydrogen) atoms. The van der Waals surface area contributed by atoms with Crippen molar-refractivity contribution >= 4 is 15.5 Å². The topological polar surface area (TPSA) is 64.1 Å². The number of hydrogen-bond acceptors (Lipinski definition) is 6. The van der Waals surface area contributed by atoms with Crippen LogP contribution in [0.15, 0.2) is 23.1 Å². The van der Waals surface area contributed by atoms with E-state index >= 15 is 0 Å². The minimum absolute atomic E-state index is 0.150. The number of benzene rings is 1. The number of alkyl halides is 3. The number of sulfone groups is 1. The molecule has 182 valence electrons. The lowest BCUT2D eigenvalue weighted by Gasteiger charge is -2.45. The van der Waals surface area contributed by atoms with Crippen molar-refractivity contribution in [1.82, 2.24) is 9.80 Å². The van der Waals surface area contributed by atoms with Crippen LogP contribution in [0.3, 0.4) is 0 Å². The lowest BCUT2D eigenvalue weighted by atomic mass is 9.97. The SMILES string of the molecule is CC(C)[C@H]1CN(c2ccc(CO)c(S(C)(=O)=O)c2)CCN1C[C@@H]1CCN(CC(F)(F)F)C1. The van der Waals surface area contributed by atoms with Crippen LogP contribution in [0.1, 0.15) is 25.8 Å². The average molecular weight is 478 g/mol. The molecule has 2 heterocycles. The van der Waals surface area contributed by atoms with Gasteiger partial charge in [-0.3, -0.25) is 9.80 Å². The fourth-order valence-corrected chi connectivity index (χ4v) is 5.89. The summed E-state index contributed by atoms with van der Waals surface area (Å²) in [5, 5.41) is 9.50. The first kappa shape index (κ1) is 25.3. The summed E-state index contributed by atoms with van der Waals surface area (Å²) >= 11 is 0. The molecular weight excluding hydrogens is 443 g/mol. The zero-order valence-electron chi connectivity index (χ0n) is 19.0. The quantitative estimate of drug-likeness (QED) is 0.652. The highest BCUT2D eigenvalue weighted by atomic mass is 32.2. The molecule has 0 aliphatic carbocycles. The molecule has 0 amide bonds. The summed E-state index contributed by atoms with van der Waals surface area (Å²) in [6, 6.07) is 5.37. The summed E-state index contributed by atoms with van der Waals surface area (Å²) in [6.07, 6.45) is -2.23. The summed E-state index contributed by atoms with van der Waals surface area (Å²) in [6.45, 7) is 7.06. The van der Waals surface area contributed by atoms with Gasteiger partial charge in [-0.1, -0.05) is 19.9 Å². The number of anilines is 1. The van der Waals surface area contributed by atoms with Crippen LogP contribution in [-0.4, -0.2) is 87.6 Å². The van der Waals surface area contributed by atoms with Gasteiger partial charge in [-0.25, -0.2) is 8.42 Å². The monoisotopic (exact) mass is 477 g/mol. The van der Waals surface area contributed by atoms with Crippen molar-refractivity contribution in [3.63, 3.8) is 0 Å². The first-order valence-electron chi connectivity index (χ1n) is 11.1. The maximum atomic E-state index is 12.7. The number of aliphatic hydroxyl groups is 1. The van der Waals surface area contributed by atoms with E-state index in [1.54, 1.807) is 12.1 Å². The van der Waals surface area contributed by atoms with E-state index in [-0.39, 0.29) is 23.5 Å². The Morgan fingerprint density at radius 2 is 1.88 bits per heavy atom. The summed E-state index contributed by atoms with van der Waals surface area (Å²) in [5.74, 6) is 0.572. The lowest BCUT2D eigenvalue weighted by Crippen LogP contribution is -2.56. The molecule has 0 bridgehead atoms. The molecule has 3 rings (SSSR count). The second kappa shape index (κ2) is 9.87. The predicted molar refractivity (Wildman–Crippen MR) is 118 cm³/mol. The van der Waals surface area contributed by atoms with Gasteiger partial charge in [0.15, 0.2) is 9.84 Å². The van der Waals surface area contributed by atoms with Gasteiger partial charge >= 0.3 is 6.18 Å². The second-order valence-electron chi connectivity index (χ2n) is 9.48. The Kier molecular flexibility index (Phi) is 7.79. The van der Waals surface area contributed by atoms with E-state index in [1.807, 2.05) is 6.07 Å². The van der Waals surface area contributed by atoms with Gasteiger partial charge in [0.05, 0.1) is 18.0 Å². The summed E-state index contributed by atoms with van der Waals surface area (Å²) < 4.78 is 62.5. The molecular formula is C22H34F3N3O3S. The zero-order chi connectivity index (χ0) is 23.7. The third-order valence-electron chi connectivity index (χ3n) is 6.55. The van der Waals surface area contributed by atoms with Crippen molar-refractivity contribution in [1.29, 1.82) is 0 Å². The molecule has 0 aromatic heterocycles. The molecule has 1 N–H and O–H groups in total. The minimum Gasteiger partial charge on any atom is -0.392 e. The van der Waals surface area contributed by atoms with Crippen molar-refractivity contribution in [2.24, 2.45) is 11.8 Å². The number of hydrogen-bond donors (Lipinski definition) is 1. The molecule has 10 heteroatoms. The molecule has 2 saturated heterocycles. The van der Waals surface area contributed by atoms with Crippen molar-refractivity contribution in [2.45, 2.75) is 44.0 Å². The van der Waals surface area contributed by atoms with Crippen LogP contribution in [0.5, 0.6) is 0 Å². The highest BCUT2D eigenvalue weighted by molar-refractivity contribution is 7.90. The molecule has 1 aromatic rings. The maximum absolute atomic E-state index is 12.7. The molecule has 2 aliphatic rings. The first-order valence-corrected chi connectivity index (χ1v) is 13.0. The van der Waals surface area contributed by atoms with E-state index in [0.29, 0.717) is 31.1 Å². The fourth-order valence-electron chi connectivity index (χ4n) is 4.95. The Balaban J connectivity index is 1.68. The van der Waals surface area contributed by atoms with Crippen LogP contribution in [0.4, 0.5) is 18.9 Å². The van der Waals surface area contributed by atoms with Crippen LogP contribution in [0, 0.1) is 11.8 Å². The van der Waals surface area contributed by atoms with Gasteiger partial charge in [0.2, 0.25) is 0 Å². The molecule has 0 unspecified atom stereocenters. The van der Waals surface area contributed by atoms with Crippen LogP contribution in [0.2, 0.25) is 0 Å². The minimum atomic E-state index is -4.16. The van der Waals surface area contributed by atoms with Crippen LogP contribution in [-0.2, 0) is 16.4 Å². The number of rotatable bonds is 7. The number of piperazine rings is 1. The Morgan fingerprint density at radius 3 is 2.47 bits per heavy atom. The molecule has 0 radical (unpaired) electrons. The fraction of sp³-hybridized carbons (Fsp3) is 0.727. The molecule has 6 nitrogen and oxygen atoms in total. The van der Waals surface area contributed by atoms with Gasteiger partial charge in [-0.05, 0) is 42.5 Å². The van der Waals surface area contributed by atoms with Gasteiger partial charge in [-0.2, -0.15) is 13.2 Å². The van der Waals surface area contributed by atoms with Gasteiger partial charge < -0.3 is 10.0 Å². The Bertz CT molecular complexity index is 892. The number of likely N-dealkylation sites (tertiary alicyclic amines) is 1. The van der Waals surface area contributed by atoms with Crippen LogP contribution < -0.4 is 4.90 Å². The zero-order valence-corrected chi connectivity index (χ0v) is 19.8. The van der Waals surface area contributed by atoms with Crippen LogP contribution in [0.25, 0.3) is 0 Å². The Hall–Kier alpha value is -1.36. The second-order valence-corrected chi connectivity index (χ2v) is 11.5. The lowest BCUT2D eigenvalue weighted by molar-refractivity contribution is -0.143. The number of aliphatic hydroxyl groups excluding tert-OH is 1. The summed E-state index contributed by atoms with van der Waals surface area (Å²) in [5.41, 5.74) is 1.20. The smallest absolute Gasteiger partial charge is 0.392 e. The number of nitrogens with zero attached hydrogens (tertiary/aromatic N) is 3. The maximum Gasteiger partial charge on any atom is 0.401 e. The summed E-state index contributed by atoms with van der Waals surface area (Å²) in [7, 11) is -3.46. The van der Waals surface area contributed by atoms with Gasteiger partial charge in [-0.15, -0.1) is 0 Å². The van der Waals surface area contributed by atoms with E-state index in [1.165, 1.54) is 4.90 Å². The third kappa shape index (κ3) is 6.36. The molecule has 0 spiro atoms. The average Bonchev–Trinajstić information content (AvgIpc) is 3.11. The summed E-state index contributed by atoms with van der Waals surface area (Å²) in [4.78, 5) is 6.21. The molecule has 2 atom stereocenters. The molecule has 2 fully saturated rings. The highest BCUT2D eigenvalue weighted by Gasteiger charge is 2.37. The van der Waals surface area contributed by atoms with Gasteiger partial charge in [0.1, 0.15) is 0 Å². The van der Waals surface area contributed by atoms with Crippen LogP contribution >= 0.6 is 0 Å². The molecule has 0 saturated carbocycles.